The molecule has 282 valence electrons. The van der Waals surface area contributed by atoms with Crippen LogP contribution in [0.1, 0.15) is 132 Å². The number of unbranched alkanes of at least 4 members (excludes halogenated alkanes) is 7. The van der Waals surface area contributed by atoms with Crippen LogP contribution in [0.3, 0.4) is 0 Å². The van der Waals surface area contributed by atoms with Crippen molar-refractivity contribution >= 4 is 0 Å². The van der Waals surface area contributed by atoms with E-state index < -0.39 is 0 Å². The molecule has 0 aromatic heterocycles. The minimum absolute atomic E-state index is 0.295. The highest BCUT2D eigenvalue weighted by Gasteiger charge is 1.98. The van der Waals surface area contributed by atoms with Crippen LogP contribution < -0.4 is 9.47 Å². The summed E-state index contributed by atoms with van der Waals surface area (Å²) in [5, 5.41) is 0. The molecule has 0 unspecified atom stereocenters. The van der Waals surface area contributed by atoms with E-state index in [0.29, 0.717) is 13.6 Å². The van der Waals surface area contributed by atoms with Gasteiger partial charge >= 0.3 is 0 Å². The number of benzene rings is 4. The summed E-state index contributed by atoms with van der Waals surface area (Å²) in [4.78, 5) is 0. The van der Waals surface area contributed by atoms with Crippen LogP contribution in [-0.2, 0) is 22.3 Å². The van der Waals surface area contributed by atoms with Gasteiger partial charge in [-0.1, -0.05) is 121 Å². The number of hydrogen-bond acceptors (Lipinski definition) is 4. The molecule has 0 heterocycles. The van der Waals surface area contributed by atoms with Gasteiger partial charge in [-0.25, -0.2) is 0 Å². The van der Waals surface area contributed by atoms with Crippen molar-refractivity contribution in [3.63, 3.8) is 0 Å². The predicted octanol–water partition coefficient (Wildman–Crippen LogP) is 12.3. The molecule has 4 nitrogen and oxygen atoms in total. The summed E-state index contributed by atoms with van der Waals surface area (Å²) in [5.41, 5.74) is 6.88. The molecule has 53 heavy (non-hydrogen) atoms. The predicted molar refractivity (Wildman–Crippen MR) is 222 cm³/mol. The standard InChI is InChI=1S/C25H32O2.C24H30O2/c1-3-5-6-7-8-9-22-10-12-23(13-11-22)14-15-24-16-18-25(19-17-24)27-21-26-20-4-2;1-3-5-6-7-8-21-9-11-22(12-10-21)13-14-23-15-17-24(18-16-23)26-20-25-19-4-2/h10-13,16-19H,3-9,20-21H2,1-2H3;9-12,15-18H,3-8,19-20H2,1-2H3. The molecule has 4 heteroatoms. The topological polar surface area (TPSA) is 36.9 Å². The van der Waals surface area contributed by atoms with Crippen LogP contribution in [-0.4, -0.2) is 26.8 Å². The highest BCUT2D eigenvalue weighted by atomic mass is 16.7. The van der Waals surface area contributed by atoms with Crippen molar-refractivity contribution in [2.24, 2.45) is 0 Å². The maximum Gasteiger partial charge on any atom is 0.189 e. The van der Waals surface area contributed by atoms with Crippen LogP contribution in [0.25, 0.3) is 0 Å². The monoisotopic (exact) mass is 714 g/mol. The molecule has 0 bridgehead atoms. The number of rotatable bonds is 21. The van der Waals surface area contributed by atoms with Gasteiger partial charge < -0.3 is 18.9 Å². The smallest absolute Gasteiger partial charge is 0.189 e. The minimum atomic E-state index is 0.295. The lowest BCUT2D eigenvalue weighted by atomic mass is 10.0. The van der Waals surface area contributed by atoms with E-state index in [1.165, 1.54) is 75.3 Å². The van der Waals surface area contributed by atoms with E-state index in [0.717, 1.165) is 66.2 Å². The van der Waals surface area contributed by atoms with Gasteiger partial charge in [0.2, 0.25) is 0 Å². The molecule has 0 radical (unpaired) electrons. The first-order valence-corrected chi connectivity index (χ1v) is 20.0. The third-order valence-electron chi connectivity index (χ3n) is 8.52. The van der Waals surface area contributed by atoms with E-state index in [1.54, 1.807) is 0 Å². The quantitative estimate of drug-likeness (QED) is 0.0489. The molecule has 0 fully saturated rings. The van der Waals surface area contributed by atoms with Crippen LogP contribution in [0.5, 0.6) is 11.5 Å². The number of ether oxygens (including phenoxy) is 4. The van der Waals surface area contributed by atoms with Gasteiger partial charge in [-0.2, -0.15) is 0 Å². The van der Waals surface area contributed by atoms with E-state index in [-0.39, 0.29) is 0 Å². The molecule has 0 atom stereocenters. The second-order valence-electron chi connectivity index (χ2n) is 13.3. The highest BCUT2D eigenvalue weighted by Crippen LogP contribution is 2.15. The molecule has 4 aromatic carbocycles. The molecule has 0 aliphatic rings. The van der Waals surface area contributed by atoms with E-state index >= 15 is 0 Å². The summed E-state index contributed by atoms with van der Waals surface area (Å²) in [5.74, 6) is 14.5. The SMILES string of the molecule is CCCCCCCc1ccc(C#Cc2ccc(OCOCCC)cc2)cc1.CCCCCCc1ccc(C#Cc2ccc(OCOCCC)cc2)cc1. The Labute approximate surface area is 321 Å². The van der Waals surface area contributed by atoms with E-state index in [4.69, 9.17) is 18.9 Å². The molecular weight excluding hydrogens is 653 g/mol. The van der Waals surface area contributed by atoms with Crippen molar-refractivity contribution < 1.29 is 18.9 Å². The lowest BCUT2D eigenvalue weighted by molar-refractivity contribution is 0.0155. The Morgan fingerprint density at radius 1 is 0.358 bits per heavy atom. The van der Waals surface area contributed by atoms with Crippen LogP contribution in [0.15, 0.2) is 97.1 Å². The van der Waals surface area contributed by atoms with Gasteiger partial charge in [-0.3, -0.25) is 0 Å². The fourth-order valence-corrected chi connectivity index (χ4v) is 5.38. The second-order valence-corrected chi connectivity index (χ2v) is 13.3. The largest absolute Gasteiger partial charge is 0.468 e. The zero-order chi connectivity index (χ0) is 37.6. The van der Waals surface area contributed by atoms with Crippen molar-refractivity contribution in [3.05, 3.63) is 130 Å². The maximum absolute atomic E-state index is 5.52. The lowest BCUT2D eigenvalue weighted by Crippen LogP contribution is -2.03. The first-order chi connectivity index (χ1) is 26.1. The fourth-order valence-electron chi connectivity index (χ4n) is 5.38. The maximum atomic E-state index is 5.52. The van der Waals surface area contributed by atoms with Gasteiger partial charge in [-0.05, 0) is 122 Å². The Hall–Kier alpha value is -4.48. The number of aryl methyl sites for hydroxylation is 2. The molecular formula is C49H62O4. The van der Waals surface area contributed by atoms with Crippen LogP contribution in [0.4, 0.5) is 0 Å². The Balaban J connectivity index is 0.000000286. The van der Waals surface area contributed by atoms with Crippen LogP contribution in [0, 0.1) is 23.7 Å². The summed E-state index contributed by atoms with van der Waals surface area (Å²) >= 11 is 0. The summed E-state index contributed by atoms with van der Waals surface area (Å²) < 4.78 is 21.7. The third kappa shape index (κ3) is 19.8. The summed E-state index contributed by atoms with van der Waals surface area (Å²) in [6.45, 7) is 10.7. The average Bonchev–Trinajstić information content (AvgIpc) is 3.20. The third-order valence-corrected chi connectivity index (χ3v) is 8.52. The van der Waals surface area contributed by atoms with Crippen molar-refractivity contribution in [3.8, 4) is 35.2 Å². The molecule has 0 spiro atoms. The summed E-state index contributed by atoms with van der Waals surface area (Å²) in [7, 11) is 0. The van der Waals surface area contributed by atoms with E-state index in [1.807, 2.05) is 48.5 Å². The normalized spacial score (nSPS) is 10.3. The van der Waals surface area contributed by atoms with E-state index in [2.05, 4.69) is 99.9 Å². The summed E-state index contributed by atoms with van der Waals surface area (Å²) in [6, 6.07) is 32.9. The zero-order valence-electron chi connectivity index (χ0n) is 32.9. The fraction of sp³-hybridized carbons (Fsp3) is 0.429. The summed E-state index contributed by atoms with van der Waals surface area (Å²) in [6.07, 6.45) is 16.2. The van der Waals surface area contributed by atoms with Crippen molar-refractivity contribution in [2.75, 3.05) is 26.8 Å². The Kier molecular flexibility index (Phi) is 22.7. The van der Waals surface area contributed by atoms with Crippen molar-refractivity contribution in [1.29, 1.82) is 0 Å². The molecule has 0 aliphatic heterocycles. The van der Waals surface area contributed by atoms with Gasteiger partial charge in [0.1, 0.15) is 11.5 Å². The first-order valence-electron chi connectivity index (χ1n) is 20.0. The van der Waals surface area contributed by atoms with Crippen molar-refractivity contribution in [1.82, 2.24) is 0 Å². The molecule has 0 N–H and O–H groups in total. The van der Waals surface area contributed by atoms with Gasteiger partial charge in [0.15, 0.2) is 13.6 Å². The van der Waals surface area contributed by atoms with Crippen LogP contribution in [0.2, 0.25) is 0 Å². The van der Waals surface area contributed by atoms with Crippen LogP contribution >= 0.6 is 0 Å². The number of hydrogen-bond donors (Lipinski definition) is 0. The second kappa shape index (κ2) is 28.1. The van der Waals surface area contributed by atoms with Gasteiger partial charge in [-0.15, -0.1) is 0 Å². The van der Waals surface area contributed by atoms with E-state index in [9.17, 15) is 0 Å². The Bertz CT molecular complexity index is 1560. The Morgan fingerprint density at radius 2 is 0.679 bits per heavy atom. The minimum Gasteiger partial charge on any atom is -0.468 e. The average molecular weight is 715 g/mol. The van der Waals surface area contributed by atoms with Crippen molar-refractivity contribution in [2.45, 2.75) is 111 Å². The molecule has 4 rings (SSSR count). The molecule has 4 aromatic rings. The molecule has 0 saturated carbocycles. The zero-order valence-corrected chi connectivity index (χ0v) is 32.9. The van der Waals surface area contributed by atoms with Gasteiger partial charge in [0.05, 0.1) is 13.2 Å². The molecule has 0 aliphatic carbocycles. The first kappa shape index (κ1) is 42.9. The highest BCUT2D eigenvalue weighted by molar-refractivity contribution is 5.46. The molecule has 0 saturated heterocycles. The van der Waals surface area contributed by atoms with Gasteiger partial charge in [0, 0.05) is 22.3 Å². The Morgan fingerprint density at radius 3 is 1.02 bits per heavy atom. The van der Waals surface area contributed by atoms with Gasteiger partial charge in [0.25, 0.3) is 0 Å². The molecule has 0 amide bonds. The lowest BCUT2D eigenvalue weighted by Gasteiger charge is -2.06.